The molecule has 3 rings (SSSR count). The second-order valence-electron chi connectivity index (χ2n) is 5.17. The topological polar surface area (TPSA) is 58.6 Å². The van der Waals surface area contributed by atoms with E-state index < -0.39 is 11.5 Å². The van der Waals surface area contributed by atoms with Crippen LogP contribution in [0, 0.1) is 0 Å². The molecule has 1 atom stereocenters. The Labute approximate surface area is 117 Å². The normalized spacial score (nSPS) is 22.1. The molecule has 2 aromatic carbocycles. The van der Waals surface area contributed by atoms with Crippen LogP contribution in [0.3, 0.4) is 0 Å². The van der Waals surface area contributed by atoms with Gasteiger partial charge in [0.05, 0.1) is 7.11 Å². The molecule has 1 aliphatic heterocycles. The number of hydrogen-bond donors (Lipinski definition) is 2. The molecular weight excluding hydrogens is 254 g/mol. The summed E-state index contributed by atoms with van der Waals surface area (Å²) in [5.74, 6) is 0.0000471. The van der Waals surface area contributed by atoms with E-state index in [0.29, 0.717) is 6.42 Å². The van der Waals surface area contributed by atoms with Crippen LogP contribution in [-0.4, -0.2) is 24.7 Å². The Kier molecular flexibility index (Phi) is 3.10. The first-order valence-corrected chi connectivity index (χ1v) is 6.72. The molecule has 0 unspecified atom stereocenters. The van der Waals surface area contributed by atoms with Gasteiger partial charge < -0.3 is 9.84 Å². The number of aliphatic carboxylic acids is 1. The Bertz CT molecular complexity index is 660. The summed E-state index contributed by atoms with van der Waals surface area (Å²) in [6.07, 6.45) is 1.51. The summed E-state index contributed by atoms with van der Waals surface area (Å²) in [5.41, 5.74) is -0.117. The number of nitrogens with one attached hydrogen (secondary N) is 1. The van der Waals surface area contributed by atoms with Crippen molar-refractivity contribution in [3.63, 3.8) is 0 Å². The van der Waals surface area contributed by atoms with Crippen LogP contribution < -0.4 is 10.1 Å². The van der Waals surface area contributed by atoms with Crippen molar-refractivity contribution in [2.75, 3.05) is 13.7 Å². The van der Waals surface area contributed by atoms with E-state index in [9.17, 15) is 9.90 Å². The predicted octanol–water partition coefficient (Wildman–Crippen LogP) is 2.51. The summed E-state index contributed by atoms with van der Waals surface area (Å²) in [6.45, 7) is 0.743. The minimum atomic E-state index is -0.936. The molecule has 2 N–H and O–H groups in total. The van der Waals surface area contributed by atoms with E-state index in [4.69, 9.17) is 4.74 Å². The lowest BCUT2D eigenvalue weighted by molar-refractivity contribution is -0.144. The van der Waals surface area contributed by atoms with Crippen LogP contribution in [0.25, 0.3) is 10.8 Å². The van der Waals surface area contributed by atoms with Gasteiger partial charge in [0, 0.05) is 0 Å². The zero-order valence-corrected chi connectivity index (χ0v) is 11.3. The molecule has 1 aliphatic rings. The number of carboxylic acid groups (broad SMARTS) is 1. The highest BCUT2D eigenvalue weighted by Gasteiger charge is 2.42. The van der Waals surface area contributed by atoms with Gasteiger partial charge in [-0.15, -0.1) is 0 Å². The standard InChI is InChI=1S/C16H17NO3/c1-20-14-6-4-11-9-13(5-3-12(11)10-14)16(15(18)19)7-2-8-17-16/h3-6,9-10,17H,2,7-8H2,1H3,(H,18,19)/t16-/m1/s1. The van der Waals surface area contributed by atoms with Crippen LogP contribution in [-0.2, 0) is 10.3 Å². The molecule has 2 aromatic rings. The highest BCUT2D eigenvalue weighted by Crippen LogP contribution is 2.33. The van der Waals surface area contributed by atoms with Gasteiger partial charge >= 0.3 is 5.97 Å². The molecule has 0 amide bonds. The lowest BCUT2D eigenvalue weighted by Gasteiger charge is -2.25. The molecule has 20 heavy (non-hydrogen) atoms. The first-order chi connectivity index (χ1) is 9.65. The Hall–Kier alpha value is -2.07. The largest absolute Gasteiger partial charge is 0.497 e. The number of carbonyl (C=O) groups is 1. The Morgan fingerprint density at radius 2 is 2.00 bits per heavy atom. The third kappa shape index (κ3) is 1.93. The molecule has 104 valence electrons. The van der Waals surface area contributed by atoms with Gasteiger partial charge in [-0.25, -0.2) is 4.79 Å². The highest BCUT2D eigenvalue weighted by molar-refractivity contribution is 5.88. The average molecular weight is 271 g/mol. The molecular formula is C16H17NO3. The Morgan fingerprint density at radius 1 is 1.25 bits per heavy atom. The molecule has 0 spiro atoms. The van der Waals surface area contributed by atoms with Gasteiger partial charge in [0.15, 0.2) is 0 Å². The first kappa shape index (κ1) is 12.9. The number of carboxylic acids is 1. The first-order valence-electron chi connectivity index (χ1n) is 6.72. The van der Waals surface area contributed by atoms with Crippen LogP contribution in [0.15, 0.2) is 36.4 Å². The zero-order valence-electron chi connectivity index (χ0n) is 11.3. The monoisotopic (exact) mass is 271 g/mol. The number of hydrogen-bond acceptors (Lipinski definition) is 3. The molecule has 4 heteroatoms. The zero-order chi connectivity index (χ0) is 14.2. The maximum Gasteiger partial charge on any atom is 0.328 e. The summed E-state index contributed by atoms with van der Waals surface area (Å²) < 4.78 is 5.20. The fourth-order valence-corrected chi connectivity index (χ4v) is 2.91. The molecule has 0 radical (unpaired) electrons. The molecule has 1 heterocycles. The van der Waals surface area contributed by atoms with Crippen LogP contribution in [0.4, 0.5) is 0 Å². The minimum Gasteiger partial charge on any atom is -0.497 e. The highest BCUT2D eigenvalue weighted by atomic mass is 16.5. The maximum atomic E-state index is 11.7. The molecule has 0 aromatic heterocycles. The van der Waals surface area contributed by atoms with Crippen molar-refractivity contribution in [3.8, 4) is 5.75 Å². The van der Waals surface area contributed by atoms with Crippen LogP contribution in [0.2, 0.25) is 0 Å². The van der Waals surface area contributed by atoms with Crippen molar-refractivity contribution in [2.24, 2.45) is 0 Å². The number of rotatable bonds is 3. The van der Waals surface area contributed by atoms with Crippen molar-refractivity contribution in [1.82, 2.24) is 5.32 Å². The smallest absolute Gasteiger partial charge is 0.328 e. The minimum absolute atomic E-state index is 0.629. The molecule has 0 saturated carbocycles. The number of benzene rings is 2. The molecule has 1 saturated heterocycles. The van der Waals surface area contributed by atoms with Gasteiger partial charge in [-0.2, -0.15) is 0 Å². The van der Waals surface area contributed by atoms with Crippen molar-refractivity contribution in [3.05, 3.63) is 42.0 Å². The molecule has 0 aliphatic carbocycles. The SMILES string of the molecule is COc1ccc2cc([C@@]3(C(=O)O)CCCN3)ccc2c1. The average Bonchev–Trinajstić information content (AvgIpc) is 2.97. The van der Waals surface area contributed by atoms with Crippen molar-refractivity contribution in [2.45, 2.75) is 18.4 Å². The van der Waals surface area contributed by atoms with E-state index in [0.717, 1.165) is 35.1 Å². The summed E-state index contributed by atoms with van der Waals surface area (Å²) in [7, 11) is 1.64. The lowest BCUT2D eigenvalue weighted by atomic mass is 9.87. The van der Waals surface area contributed by atoms with Gasteiger partial charge in [0.2, 0.25) is 0 Å². The predicted molar refractivity (Wildman–Crippen MR) is 77.1 cm³/mol. The second kappa shape index (κ2) is 4.80. The Morgan fingerprint density at radius 3 is 2.65 bits per heavy atom. The summed E-state index contributed by atoms with van der Waals surface area (Å²) in [4.78, 5) is 11.7. The van der Waals surface area contributed by atoms with Crippen LogP contribution in [0.1, 0.15) is 18.4 Å². The van der Waals surface area contributed by atoms with Gasteiger partial charge in [0.25, 0.3) is 0 Å². The maximum absolute atomic E-state index is 11.7. The number of fused-ring (bicyclic) bond motifs is 1. The van der Waals surface area contributed by atoms with Gasteiger partial charge in [-0.05, 0) is 53.9 Å². The number of methoxy groups -OCH3 is 1. The molecule has 4 nitrogen and oxygen atoms in total. The third-order valence-electron chi connectivity index (χ3n) is 4.06. The summed E-state index contributed by atoms with van der Waals surface area (Å²) >= 11 is 0. The molecule has 1 fully saturated rings. The Balaban J connectivity index is 2.10. The lowest BCUT2D eigenvalue weighted by Crippen LogP contribution is -2.44. The van der Waals surface area contributed by atoms with E-state index in [1.54, 1.807) is 7.11 Å². The van der Waals surface area contributed by atoms with E-state index in [2.05, 4.69) is 5.32 Å². The fraction of sp³-hybridized carbons (Fsp3) is 0.312. The van der Waals surface area contributed by atoms with Crippen molar-refractivity contribution < 1.29 is 14.6 Å². The van der Waals surface area contributed by atoms with Crippen LogP contribution in [0.5, 0.6) is 5.75 Å². The second-order valence-corrected chi connectivity index (χ2v) is 5.17. The van der Waals surface area contributed by atoms with Gasteiger partial charge in [-0.3, -0.25) is 5.32 Å². The summed E-state index contributed by atoms with van der Waals surface area (Å²) in [5, 5.41) is 14.8. The van der Waals surface area contributed by atoms with Crippen molar-refractivity contribution >= 4 is 16.7 Å². The van der Waals surface area contributed by atoms with E-state index in [1.165, 1.54) is 0 Å². The van der Waals surface area contributed by atoms with E-state index in [-0.39, 0.29) is 0 Å². The van der Waals surface area contributed by atoms with Gasteiger partial charge in [0.1, 0.15) is 11.3 Å². The molecule has 0 bridgehead atoms. The summed E-state index contributed by atoms with van der Waals surface area (Å²) in [6, 6.07) is 11.6. The van der Waals surface area contributed by atoms with Gasteiger partial charge in [-0.1, -0.05) is 18.2 Å². The van der Waals surface area contributed by atoms with E-state index >= 15 is 0 Å². The number of ether oxygens (including phenoxy) is 1. The van der Waals surface area contributed by atoms with E-state index in [1.807, 2.05) is 36.4 Å². The fourth-order valence-electron chi connectivity index (χ4n) is 2.91. The van der Waals surface area contributed by atoms with Crippen molar-refractivity contribution in [1.29, 1.82) is 0 Å². The van der Waals surface area contributed by atoms with Crippen LogP contribution >= 0.6 is 0 Å². The quantitative estimate of drug-likeness (QED) is 0.900. The third-order valence-corrected chi connectivity index (χ3v) is 4.06.